The predicted octanol–water partition coefficient (Wildman–Crippen LogP) is 6.26. The molecular weight excluding hydrogens is 388 g/mol. The molecule has 2 aromatic heterocycles. The lowest BCUT2D eigenvalue weighted by atomic mass is 9.87. The Balaban J connectivity index is 1.60. The molecule has 0 aliphatic carbocycles. The van der Waals surface area contributed by atoms with E-state index in [9.17, 15) is 0 Å². The molecule has 0 unspecified atom stereocenters. The van der Waals surface area contributed by atoms with E-state index in [4.69, 9.17) is 11.6 Å². The quantitative estimate of drug-likeness (QED) is 0.319. The highest BCUT2D eigenvalue weighted by Gasteiger charge is 2.15. The number of aromatic nitrogens is 4. The summed E-state index contributed by atoms with van der Waals surface area (Å²) in [6.07, 6.45) is 1.77. The molecule has 2 aromatic carbocycles. The van der Waals surface area contributed by atoms with Gasteiger partial charge in [0.1, 0.15) is 5.69 Å². The Hall–Kier alpha value is -2.37. The zero-order chi connectivity index (χ0) is 19.7. The van der Waals surface area contributed by atoms with Gasteiger partial charge < -0.3 is 4.98 Å². The van der Waals surface area contributed by atoms with E-state index in [1.54, 1.807) is 18.0 Å². The Morgan fingerprint density at radius 3 is 2.46 bits per heavy atom. The standard InChI is InChI=1S/C22H21ClN4S/c1-22(2,3)15-10-8-14(9-11-15)13-28-18-12-24-21(23)27-19(18)20-25-16-6-4-5-7-17(16)26-20/h4-12H,13H2,1-3H3,(H,25,26). The number of nitrogens with zero attached hydrogens (tertiary/aromatic N) is 3. The maximum atomic E-state index is 6.07. The number of rotatable bonds is 4. The van der Waals surface area contributed by atoms with Crippen LogP contribution in [0.1, 0.15) is 31.9 Å². The molecule has 0 bridgehead atoms. The summed E-state index contributed by atoms with van der Waals surface area (Å²) in [5.74, 6) is 1.53. The lowest BCUT2D eigenvalue weighted by Gasteiger charge is -2.19. The molecule has 0 aliphatic heterocycles. The monoisotopic (exact) mass is 408 g/mol. The second-order valence-electron chi connectivity index (χ2n) is 7.69. The van der Waals surface area contributed by atoms with Gasteiger partial charge in [0.05, 0.1) is 15.9 Å². The average molecular weight is 409 g/mol. The van der Waals surface area contributed by atoms with Crippen molar-refractivity contribution in [2.45, 2.75) is 36.8 Å². The van der Waals surface area contributed by atoms with Gasteiger partial charge in [0.2, 0.25) is 5.28 Å². The Labute approximate surface area is 173 Å². The van der Waals surface area contributed by atoms with Gasteiger partial charge in [0.25, 0.3) is 0 Å². The summed E-state index contributed by atoms with van der Waals surface area (Å²) < 4.78 is 0. The van der Waals surface area contributed by atoms with Crippen LogP contribution in [0.25, 0.3) is 22.6 Å². The first-order valence-corrected chi connectivity index (χ1v) is 10.5. The minimum absolute atomic E-state index is 0.157. The van der Waals surface area contributed by atoms with Gasteiger partial charge >= 0.3 is 0 Å². The zero-order valence-electron chi connectivity index (χ0n) is 16.0. The van der Waals surface area contributed by atoms with Gasteiger partial charge in [-0.15, -0.1) is 11.8 Å². The van der Waals surface area contributed by atoms with Crippen LogP contribution in [0.4, 0.5) is 0 Å². The predicted molar refractivity (Wildman–Crippen MR) is 117 cm³/mol. The number of para-hydroxylation sites is 2. The molecular formula is C22H21ClN4S. The van der Waals surface area contributed by atoms with Crippen LogP contribution in [0.3, 0.4) is 0 Å². The number of halogens is 1. The van der Waals surface area contributed by atoms with E-state index in [1.165, 1.54) is 11.1 Å². The number of thioether (sulfide) groups is 1. The highest BCUT2D eigenvalue weighted by Crippen LogP contribution is 2.32. The van der Waals surface area contributed by atoms with Crippen LogP contribution in [-0.2, 0) is 11.2 Å². The fourth-order valence-corrected chi connectivity index (χ4v) is 4.01. The molecule has 0 spiro atoms. The van der Waals surface area contributed by atoms with Crippen LogP contribution in [-0.4, -0.2) is 19.9 Å². The van der Waals surface area contributed by atoms with Crippen molar-refractivity contribution in [2.24, 2.45) is 0 Å². The normalized spacial score (nSPS) is 11.9. The first-order chi connectivity index (χ1) is 13.4. The molecule has 28 heavy (non-hydrogen) atoms. The molecule has 0 amide bonds. The lowest BCUT2D eigenvalue weighted by molar-refractivity contribution is 0.590. The first kappa shape index (κ1) is 19.0. The van der Waals surface area contributed by atoms with E-state index >= 15 is 0 Å². The average Bonchev–Trinajstić information content (AvgIpc) is 3.11. The first-order valence-electron chi connectivity index (χ1n) is 9.10. The van der Waals surface area contributed by atoms with Crippen molar-refractivity contribution < 1.29 is 0 Å². The van der Waals surface area contributed by atoms with Crippen molar-refractivity contribution in [3.8, 4) is 11.5 Å². The van der Waals surface area contributed by atoms with Crippen LogP contribution < -0.4 is 0 Å². The third-order valence-electron chi connectivity index (χ3n) is 4.55. The number of aromatic amines is 1. The topological polar surface area (TPSA) is 54.5 Å². The molecule has 0 saturated carbocycles. The summed E-state index contributed by atoms with van der Waals surface area (Å²) in [6.45, 7) is 6.67. The van der Waals surface area contributed by atoms with Crippen LogP contribution in [0, 0.1) is 0 Å². The van der Waals surface area contributed by atoms with Gasteiger partial charge in [-0.2, -0.15) is 0 Å². The summed E-state index contributed by atoms with van der Waals surface area (Å²) in [6, 6.07) is 16.7. The molecule has 4 aromatic rings. The molecule has 0 saturated heterocycles. The molecule has 4 nitrogen and oxygen atoms in total. The van der Waals surface area contributed by atoms with Gasteiger partial charge in [0.15, 0.2) is 5.82 Å². The summed E-state index contributed by atoms with van der Waals surface area (Å²) in [4.78, 5) is 17.5. The summed E-state index contributed by atoms with van der Waals surface area (Å²) in [5.41, 5.74) is 5.35. The van der Waals surface area contributed by atoms with Crippen LogP contribution in [0.15, 0.2) is 59.6 Å². The van der Waals surface area contributed by atoms with Crippen LogP contribution in [0.5, 0.6) is 0 Å². The summed E-state index contributed by atoms with van der Waals surface area (Å²) in [7, 11) is 0. The van der Waals surface area contributed by atoms with Crippen molar-refractivity contribution in [1.82, 2.24) is 19.9 Å². The van der Waals surface area contributed by atoms with Crippen molar-refractivity contribution in [3.63, 3.8) is 0 Å². The summed E-state index contributed by atoms with van der Waals surface area (Å²) in [5, 5.41) is 0.217. The number of fused-ring (bicyclic) bond motifs is 1. The molecule has 2 heterocycles. The molecule has 4 rings (SSSR count). The van der Waals surface area contributed by atoms with Gasteiger partial charge in [0, 0.05) is 11.9 Å². The van der Waals surface area contributed by atoms with E-state index in [2.05, 4.69) is 65.0 Å². The molecule has 0 aliphatic rings. The highest BCUT2D eigenvalue weighted by molar-refractivity contribution is 7.98. The van der Waals surface area contributed by atoms with Gasteiger partial charge in [-0.1, -0.05) is 57.2 Å². The second-order valence-corrected chi connectivity index (χ2v) is 9.05. The Bertz CT molecular complexity index is 1080. The minimum Gasteiger partial charge on any atom is -0.337 e. The molecule has 0 fully saturated rings. The highest BCUT2D eigenvalue weighted by atomic mass is 35.5. The molecule has 0 radical (unpaired) electrons. The molecule has 1 N–H and O–H groups in total. The van der Waals surface area contributed by atoms with Crippen molar-refractivity contribution >= 4 is 34.4 Å². The number of hydrogen-bond donors (Lipinski definition) is 1. The van der Waals surface area contributed by atoms with Gasteiger partial charge in [-0.25, -0.2) is 15.0 Å². The Kier molecular flexibility index (Phi) is 5.13. The van der Waals surface area contributed by atoms with E-state index in [-0.39, 0.29) is 10.7 Å². The van der Waals surface area contributed by atoms with E-state index in [1.807, 2.05) is 24.3 Å². The number of imidazole rings is 1. The maximum Gasteiger partial charge on any atom is 0.223 e. The fourth-order valence-electron chi connectivity index (χ4n) is 2.95. The molecule has 0 atom stereocenters. The smallest absolute Gasteiger partial charge is 0.223 e. The zero-order valence-corrected chi connectivity index (χ0v) is 17.6. The third kappa shape index (κ3) is 4.05. The Morgan fingerprint density at radius 2 is 1.75 bits per heavy atom. The van der Waals surface area contributed by atoms with Crippen LogP contribution >= 0.6 is 23.4 Å². The lowest BCUT2D eigenvalue weighted by Crippen LogP contribution is -2.10. The van der Waals surface area contributed by atoms with Crippen molar-refractivity contribution in [1.29, 1.82) is 0 Å². The van der Waals surface area contributed by atoms with Gasteiger partial charge in [-0.3, -0.25) is 0 Å². The number of hydrogen-bond acceptors (Lipinski definition) is 4. The largest absolute Gasteiger partial charge is 0.337 e. The SMILES string of the molecule is CC(C)(C)c1ccc(CSc2cnc(Cl)nc2-c2nc3ccccc3[nH]2)cc1. The summed E-state index contributed by atoms with van der Waals surface area (Å²) >= 11 is 7.75. The third-order valence-corrected chi connectivity index (χ3v) is 5.82. The van der Waals surface area contributed by atoms with E-state index < -0.39 is 0 Å². The van der Waals surface area contributed by atoms with E-state index in [0.717, 1.165) is 27.4 Å². The minimum atomic E-state index is 0.157. The van der Waals surface area contributed by atoms with Gasteiger partial charge in [-0.05, 0) is 40.3 Å². The van der Waals surface area contributed by atoms with Crippen molar-refractivity contribution in [2.75, 3.05) is 0 Å². The number of H-pyrrole nitrogens is 1. The number of nitrogens with one attached hydrogen (secondary N) is 1. The molecule has 142 valence electrons. The Morgan fingerprint density at radius 1 is 1.00 bits per heavy atom. The number of benzene rings is 2. The fraction of sp³-hybridized carbons (Fsp3) is 0.227. The second kappa shape index (κ2) is 7.57. The maximum absolute atomic E-state index is 6.07. The van der Waals surface area contributed by atoms with Crippen molar-refractivity contribution in [3.05, 3.63) is 71.1 Å². The van der Waals surface area contributed by atoms with E-state index in [0.29, 0.717) is 5.82 Å². The molecule has 6 heteroatoms. The van der Waals surface area contributed by atoms with Crippen LogP contribution in [0.2, 0.25) is 5.28 Å².